The summed E-state index contributed by atoms with van der Waals surface area (Å²) in [5.41, 5.74) is 0.0112. The summed E-state index contributed by atoms with van der Waals surface area (Å²) in [6.07, 6.45) is -2.79. The Hall–Kier alpha value is -2.61. The molecule has 1 aliphatic rings. The van der Waals surface area contributed by atoms with Crippen molar-refractivity contribution in [3.63, 3.8) is 0 Å². The SMILES string of the molecule is FC(F)(F)c1cccc(CN2CC(c3nc(-c4ccco4)no3)C2)c1. The Bertz CT molecular complexity index is 852. The zero-order chi connectivity index (χ0) is 17.4. The number of aromatic nitrogens is 2. The van der Waals surface area contributed by atoms with E-state index in [1.165, 1.54) is 18.4 Å². The van der Waals surface area contributed by atoms with Crippen LogP contribution in [0.5, 0.6) is 0 Å². The number of halogens is 3. The molecule has 5 nitrogen and oxygen atoms in total. The first-order chi connectivity index (χ1) is 12.0. The smallest absolute Gasteiger partial charge is 0.416 e. The van der Waals surface area contributed by atoms with E-state index < -0.39 is 11.7 Å². The standard InChI is InChI=1S/C17H14F3N3O2/c18-17(19,20)13-4-1-3-11(7-13)8-23-9-12(10-23)16-21-15(22-25-16)14-5-2-6-24-14/h1-7,12H,8-10H2. The average molecular weight is 349 g/mol. The highest BCUT2D eigenvalue weighted by Gasteiger charge is 2.34. The fraction of sp³-hybridized carbons (Fsp3) is 0.294. The molecule has 25 heavy (non-hydrogen) atoms. The molecule has 1 aliphatic heterocycles. The number of alkyl halides is 3. The summed E-state index contributed by atoms with van der Waals surface area (Å²) in [4.78, 5) is 6.35. The highest BCUT2D eigenvalue weighted by Crippen LogP contribution is 2.32. The van der Waals surface area contributed by atoms with Crippen LogP contribution in [0.1, 0.15) is 22.9 Å². The third kappa shape index (κ3) is 3.30. The molecule has 1 saturated heterocycles. The summed E-state index contributed by atoms with van der Waals surface area (Å²) >= 11 is 0. The van der Waals surface area contributed by atoms with Gasteiger partial charge in [-0.1, -0.05) is 23.4 Å². The van der Waals surface area contributed by atoms with Gasteiger partial charge in [-0.05, 0) is 23.8 Å². The molecule has 0 amide bonds. The number of nitrogens with zero attached hydrogens (tertiary/aromatic N) is 3. The van der Waals surface area contributed by atoms with Gasteiger partial charge in [0, 0.05) is 19.6 Å². The predicted molar refractivity (Wildman–Crippen MR) is 81.5 cm³/mol. The van der Waals surface area contributed by atoms with Crippen molar-refractivity contribution in [2.24, 2.45) is 0 Å². The van der Waals surface area contributed by atoms with Crippen LogP contribution in [0.25, 0.3) is 11.6 Å². The first-order valence-corrected chi connectivity index (χ1v) is 7.75. The molecule has 0 unspecified atom stereocenters. The van der Waals surface area contributed by atoms with Crippen LogP contribution in [0.4, 0.5) is 13.2 Å². The van der Waals surface area contributed by atoms with Crippen LogP contribution in [-0.4, -0.2) is 28.1 Å². The van der Waals surface area contributed by atoms with Gasteiger partial charge in [-0.15, -0.1) is 0 Å². The maximum Gasteiger partial charge on any atom is 0.416 e. The van der Waals surface area contributed by atoms with Crippen LogP contribution in [0.3, 0.4) is 0 Å². The fourth-order valence-electron chi connectivity index (χ4n) is 2.87. The molecule has 0 spiro atoms. The van der Waals surface area contributed by atoms with E-state index in [9.17, 15) is 13.2 Å². The van der Waals surface area contributed by atoms with Crippen molar-refractivity contribution in [2.75, 3.05) is 13.1 Å². The van der Waals surface area contributed by atoms with Crippen LogP contribution >= 0.6 is 0 Å². The number of benzene rings is 1. The number of rotatable bonds is 4. The fourth-order valence-corrected chi connectivity index (χ4v) is 2.87. The first-order valence-electron chi connectivity index (χ1n) is 7.75. The van der Waals surface area contributed by atoms with Gasteiger partial charge in [0.05, 0.1) is 17.7 Å². The molecule has 2 aromatic heterocycles. The largest absolute Gasteiger partial charge is 0.461 e. The van der Waals surface area contributed by atoms with Gasteiger partial charge in [-0.25, -0.2) is 0 Å². The normalized spacial score (nSPS) is 16.1. The Morgan fingerprint density at radius 1 is 1.16 bits per heavy atom. The minimum absolute atomic E-state index is 0.0852. The lowest BCUT2D eigenvalue weighted by Gasteiger charge is -2.37. The van der Waals surface area contributed by atoms with E-state index >= 15 is 0 Å². The number of likely N-dealkylation sites (tertiary alicyclic amines) is 1. The van der Waals surface area contributed by atoms with Crippen molar-refractivity contribution < 1.29 is 22.1 Å². The monoisotopic (exact) mass is 349 g/mol. The zero-order valence-electron chi connectivity index (χ0n) is 13.0. The van der Waals surface area contributed by atoms with Crippen LogP contribution < -0.4 is 0 Å². The molecule has 8 heteroatoms. The molecule has 0 radical (unpaired) electrons. The van der Waals surface area contributed by atoms with E-state index in [0.717, 1.165) is 6.07 Å². The molecule has 1 fully saturated rings. The van der Waals surface area contributed by atoms with Gasteiger partial charge in [0.15, 0.2) is 5.76 Å². The third-order valence-electron chi connectivity index (χ3n) is 4.15. The van der Waals surface area contributed by atoms with Crippen LogP contribution in [0.15, 0.2) is 51.6 Å². The Labute approximate surface area is 141 Å². The quantitative estimate of drug-likeness (QED) is 0.714. The maximum absolute atomic E-state index is 12.8. The summed E-state index contributed by atoms with van der Waals surface area (Å²) in [6.45, 7) is 1.78. The molecular weight excluding hydrogens is 335 g/mol. The minimum Gasteiger partial charge on any atom is -0.461 e. The molecule has 0 saturated carbocycles. The van der Waals surface area contributed by atoms with Gasteiger partial charge in [0.1, 0.15) is 0 Å². The van der Waals surface area contributed by atoms with Gasteiger partial charge in [-0.3, -0.25) is 4.90 Å². The lowest BCUT2D eigenvalue weighted by Crippen LogP contribution is -2.44. The molecule has 3 aromatic rings. The van der Waals surface area contributed by atoms with E-state index in [4.69, 9.17) is 8.94 Å². The van der Waals surface area contributed by atoms with E-state index in [0.29, 0.717) is 42.7 Å². The highest BCUT2D eigenvalue weighted by atomic mass is 19.4. The number of furan rings is 1. The van der Waals surface area contributed by atoms with Crippen LogP contribution in [0, 0.1) is 0 Å². The Morgan fingerprint density at radius 2 is 2.00 bits per heavy atom. The van der Waals surface area contributed by atoms with Crippen molar-refractivity contribution in [3.8, 4) is 11.6 Å². The second-order valence-electron chi connectivity index (χ2n) is 6.02. The van der Waals surface area contributed by atoms with Gasteiger partial charge >= 0.3 is 6.18 Å². The Balaban J connectivity index is 1.37. The number of hydrogen-bond acceptors (Lipinski definition) is 5. The molecule has 3 heterocycles. The predicted octanol–water partition coefficient (Wildman–Crippen LogP) is 3.95. The average Bonchev–Trinajstić information content (AvgIpc) is 3.21. The van der Waals surface area contributed by atoms with Gasteiger partial charge in [-0.2, -0.15) is 18.2 Å². The van der Waals surface area contributed by atoms with Crippen molar-refractivity contribution in [1.29, 1.82) is 0 Å². The van der Waals surface area contributed by atoms with Crippen LogP contribution in [-0.2, 0) is 12.7 Å². The summed E-state index contributed by atoms with van der Waals surface area (Å²) in [7, 11) is 0. The molecule has 4 rings (SSSR count). The van der Waals surface area contributed by atoms with E-state index in [1.54, 1.807) is 18.2 Å². The first kappa shape index (κ1) is 15.9. The minimum atomic E-state index is -4.32. The lowest BCUT2D eigenvalue weighted by atomic mass is 9.99. The van der Waals surface area contributed by atoms with Crippen molar-refractivity contribution >= 4 is 0 Å². The topological polar surface area (TPSA) is 55.3 Å². The highest BCUT2D eigenvalue weighted by molar-refractivity contribution is 5.44. The number of hydrogen-bond donors (Lipinski definition) is 0. The Morgan fingerprint density at radius 3 is 2.72 bits per heavy atom. The molecule has 0 aliphatic carbocycles. The molecular formula is C17H14F3N3O2. The van der Waals surface area contributed by atoms with Crippen molar-refractivity contribution in [3.05, 3.63) is 59.7 Å². The second-order valence-corrected chi connectivity index (χ2v) is 6.02. The maximum atomic E-state index is 12.8. The molecule has 0 N–H and O–H groups in total. The van der Waals surface area contributed by atoms with Crippen LogP contribution in [0.2, 0.25) is 0 Å². The summed E-state index contributed by atoms with van der Waals surface area (Å²) in [5.74, 6) is 1.54. The molecule has 1 aromatic carbocycles. The van der Waals surface area contributed by atoms with E-state index in [2.05, 4.69) is 10.1 Å². The summed E-state index contributed by atoms with van der Waals surface area (Å²) in [6, 6.07) is 8.89. The van der Waals surface area contributed by atoms with Crippen molar-refractivity contribution in [2.45, 2.75) is 18.6 Å². The van der Waals surface area contributed by atoms with Crippen molar-refractivity contribution in [1.82, 2.24) is 15.0 Å². The second kappa shape index (κ2) is 6.03. The third-order valence-corrected chi connectivity index (χ3v) is 4.15. The molecule has 0 bridgehead atoms. The summed E-state index contributed by atoms with van der Waals surface area (Å²) in [5, 5.41) is 3.89. The Kier molecular flexibility index (Phi) is 3.84. The molecule has 0 atom stereocenters. The van der Waals surface area contributed by atoms with E-state index in [1.807, 2.05) is 4.90 Å². The lowest BCUT2D eigenvalue weighted by molar-refractivity contribution is -0.137. The van der Waals surface area contributed by atoms with Gasteiger partial charge in [0.25, 0.3) is 0 Å². The summed E-state index contributed by atoms with van der Waals surface area (Å²) < 4.78 is 48.7. The van der Waals surface area contributed by atoms with E-state index in [-0.39, 0.29) is 5.92 Å². The van der Waals surface area contributed by atoms with Gasteiger partial charge in [0.2, 0.25) is 11.7 Å². The molecule has 130 valence electrons. The zero-order valence-corrected chi connectivity index (χ0v) is 13.0. The van der Waals surface area contributed by atoms with Gasteiger partial charge < -0.3 is 8.94 Å².